The van der Waals surface area contributed by atoms with Gasteiger partial charge in [-0.25, -0.2) is 0 Å². The molecular formula is C13H13N3O3. The minimum Gasteiger partial charge on any atom is -0.485 e. The fourth-order valence-corrected chi connectivity index (χ4v) is 1.92. The Morgan fingerprint density at radius 3 is 3.00 bits per heavy atom. The summed E-state index contributed by atoms with van der Waals surface area (Å²) in [7, 11) is 0. The number of carbonyl (C=O) groups excluding carboxylic acids is 1. The largest absolute Gasteiger partial charge is 0.485 e. The normalized spacial score (nSPS) is 15.1. The molecule has 0 aromatic carbocycles. The zero-order valence-corrected chi connectivity index (χ0v) is 10.4. The molecule has 1 fully saturated rings. The maximum atomic E-state index is 12.0. The molecule has 1 amide bonds. The number of hydrogen-bond donors (Lipinski definition) is 0. The molecule has 1 aliphatic heterocycles. The highest BCUT2D eigenvalue weighted by molar-refractivity contribution is 5.92. The standard InChI is InChI=1S/C13H13N3O3/c1-9-5-12(15-19-9)13(17)16-7-11(8-16)18-10-3-2-4-14-6-10/h2-6,11H,7-8H2,1H3. The van der Waals surface area contributed by atoms with E-state index in [1.54, 1.807) is 30.3 Å². The van der Waals surface area contributed by atoms with Crippen molar-refractivity contribution in [2.24, 2.45) is 0 Å². The molecule has 6 nitrogen and oxygen atoms in total. The predicted molar refractivity (Wildman–Crippen MR) is 65.8 cm³/mol. The average molecular weight is 259 g/mol. The van der Waals surface area contributed by atoms with E-state index in [2.05, 4.69) is 10.1 Å². The van der Waals surface area contributed by atoms with E-state index < -0.39 is 0 Å². The van der Waals surface area contributed by atoms with Crippen molar-refractivity contribution in [1.82, 2.24) is 15.0 Å². The van der Waals surface area contributed by atoms with Crippen molar-refractivity contribution in [2.75, 3.05) is 13.1 Å². The third-order valence-electron chi connectivity index (χ3n) is 2.92. The van der Waals surface area contributed by atoms with E-state index in [0.717, 1.165) is 5.75 Å². The zero-order valence-electron chi connectivity index (χ0n) is 10.4. The fraction of sp³-hybridized carbons (Fsp3) is 0.308. The Morgan fingerprint density at radius 1 is 1.53 bits per heavy atom. The first-order valence-electron chi connectivity index (χ1n) is 6.01. The van der Waals surface area contributed by atoms with Crippen LogP contribution in [0.2, 0.25) is 0 Å². The van der Waals surface area contributed by atoms with E-state index in [1.165, 1.54) is 0 Å². The zero-order chi connectivity index (χ0) is 13.2. The molecule has 0 saturated carbocycles. The molecule has 1 saturated heterocycles. The van der Waals surface area contributed by atoms with Gasteiger partial charge in [0.25, 0.3) is 5.91 Å². The smallest absolute Gasteiger partial charge is 0.276 e. The van der Waals surface area contributed by atoms with Crippen LogP contribution in [-0.2, 0) is 0 Å². The van der Waals surface area contributed by atoms with Crippen LogP contribution in [0.15, 0.2) is 35.1 Å². The summed E-state index contributed by atoms with van der Waals surface area (Å²) in [5, 5.41) is 3.71. The Labute approximate surface area is 110 Å². The van der Waals surface area contributed by atoms with Crippen molar-refractivity contribution < 1.29 is 14.1 Å². The Kier molecular flexibility index (Phi) is 2.91. The van der Waals surface area contributed by atoms with Crippen molar-refractivity contribution in [3.63, 3.8) is 0 Å². The molecule has 2 aromatic heterocycles. The molecule has 19 heavy (non-hydrogen) atoms. The maximum Gasteiger partial charge on any atom is 0.276 e. The molecule has 0 bridgehead atoms. The quantitative estimate of drug-likeness (QED) is 0.830. The molecular weight excluding hydrogens is 246 g/mol. The summed E-state index contributed by atoms with van der Waals surface area (Å²) >= 11 is 0. The van der Waals surface area contributed by atoms with Gasteiger partial charge in [-0.15, -0.1) is 0 Å². The number of aromatic nitrogens is 2. The Balaban J connectivity index is 1.54. The van der Waals surface area contributed by atoms with Gasteiger partial charge in [-0.1, -0.05) is 5.16 Å². The van der Waals surface area contributed by atoms with E-state index in [-0.39, 0.29) is 12.0 Å². The lowest BCUT2D eigenvalue weighted by Crippen LogP contribution is -2.56. The van der Waals surface area contributed by atoms with Crippen molar-refractivity contribution in [2.45, 2.75) is 13.0 Å². The first-order valence-corrected chi connectivity index (χ1v) is 6.01. The Morgan fingerprint density at radius 2 is 2.37 bits per heavy atom. The van der Waals surface area contributed by atoms with Gasteiger partial charge >= 0.3 is 0 Å². The number of amides is 1. The van der Waals surface area contributed by atoms with Gasteiger partial charge in [0.2, 0.25) is 0 Å². The first-order chi connectivity index (χ1) is 9.22. The van der Waals surface area contributed by atoms with E-state index >= 15 is 0 Å². The van der Waals surface area contributed by atoms with Gasteiger partial charge in [-0.2, -0.15) is 0 Å². The fourth-order valence-electron chi connectivity index (χ4n) is 1.92. The second kappa shape index (κ2) is 4.72. The summed E-state index contributed by atoms with van der Waals surface area (Å²) in [6, 6.07) is 5.30. The van der Waals surface area contributed by atoms with Crippen molar-refractivity contribution in [3.8, 4) is 5.75 Å². The monoisotopic (exact) mass is 259 g/mol. The number of likely N-dealkylation sites (tertiary alicyclic amines) is 1. The van der Waals surface area contributed by atoms with Crippen LogP contribution in [0.1, 0.15) is 16.2 Å². The van der Waals surface area contributed by atoms with Gasteiger partial charge in [0.15, 0.2) is 5.69 Å². The molecule has 6 heteroatoms. The third kappa shape index (κ3) is 2.42. The lowest BCUT2D eigenvalue weighted by Gasteiger charge is -2.38. The molecule has 0 radical (unpaired) electrons. The lowest BCUT2D eigenvalue weighted by atomic mass is 10.1. The van der Waals surface area contributed by atoms with Gasteiger partial charge in [-0.05, 0) is 19.1 Å². The number of aryl methyl sites for hydroxylation is 1. The third-order valence-corrected chi connectivity index (χ3v) is 2.92. The van der Waals surface area contributed by atoms with Crippen LogP contribution in [0.5, 0.6) is 5.75 Å². The summed E-state index contributed by atoms with van der Waals surface area (Å²) in [4.78, 5) is 17.6. The van der Waals surface area contributed by atoms with Crippen LogP contribution >= 0.6 is 0 Å². The van der Waals surface area contributed by atoms with Crippen LogP contribution in [0, 0.1) is 6.92 Å². The van der Waals surface area contributed by atoms with E-state index in [1.807, 2.05) is 12.1 Å². The molecule has 0 N–H and O–H groups in total. The molecule has 0 spiro atoms. The summed E-state index contributed by atoms with van der Waals surface area (Å²) in [6.07, 6.45) is 3.36. The van der Waals surface area contributed by atoms with Gasteiger partial charge < -0.3 is 14.2 Å². The molecule has 3 heterocycles. The molecule has 0 aliphatic carbocycles. The molecule has 2 aromatic rings. The summed E-state index contributed by atoms with van der Waals surface area (Å²) in [6.45, 7) is 2.87. The van der Waals surface area contributed by atoms with Crippen LogP contribution in [-0.4, -0.2) is 40.1 Å². The van der Waals surface area contributed by atoms with Gasteiger partial charge in [0, 0.05) is 12.3 Å². The minimum atomic E-state index is -0.122. The Bertz CT molecular complexity index is 576. The van der Waals surface area contributed by atoms with Crippen molar-refractivity contribution >= 4 is 5.91 Å². The molecule has 0 atom stereocenters. The molecule has 3 rings (SSSR count). The number of ether oxygens (including phenoxy) is 1. The molecule has 1 aliphatic rings. The minimum absolute atomic E-state index is 0.0150. The second-order valence-electron chi connectivity index (χ2n) is 4.46. The summed E-state index contributed by atoms with van der Waals surface area (Å²) in [5.41, 5.74) is 0.345. The summed E-state index contributed by atoms with van der Waals surface area (Å²) < 4.78 is 10.6. The first kappa shape index (κ1) is 11.7. The van der Waals surface area contributed by atoms with Gasteiger partial charge in [-0.3, -0.25) is 9.78 Å². The van der Waals surface area contributed by atoms with Gasteiger partial charge in [0.05, 0.1) is 19.3 Å². The SMILES string of the molecule is Cc1cc(C(=O)N2CC(Oc3cccnc3)C2)no1. The van der Waals surface area contributed by atoms with Crippen LogP contribution in [0.3, 0.4) is 0 Å². The highest BCUT2D eigenvalue weighted by atomic mass is 16.5. The van der Waals surface area contributed by atoms with Crippen molar-refractivity contribution in [3.05, 3.63) is 42.0 Å². The number of hydrogen-bond acceptors (Lipinski definition) is 5. The molecule has 0 unspecified atom stereocenters. The summed E-state index contributed by atoms with van der Waals surface area (Å²) in [5.74, 6) is 1.23. The van der Waals surface area contributed by atoms with Crippen LogP contribution < -0.4 is 4.74 Å². The average Bonchev–Trinajstić information content (AvgIpc) is 2.80. The number of pyridine rings is 1. The predicted octanol–water partition coefficient (Wildman–Crippen LogP) is 1.28. The number of rotatable bonds is 3. The van der Waals surface area contributed by atoms with E-state index in [0.29, 0.717) is 24.5 Å². The van der Waals surface area contributed by atoms with E-state index in [9.17, 15) is 4.79 Å². The maximum absolute atomic E-state index is 12.0. The van der Waals surface area contributed by atoms with Crippen molar-refractivity contribution in [1.29, 1.82) is 0 Å². The second-order valence-corrected chi connectivity index (χ2v) is 4.46. The highest BCUT2D eigenvalue weighted by Gasteiger charge is 2.34. The number of nitrogens with zero attached hydrogens (tertiary/aromatic N) is 3. The highest BCUT2D eigenvalue weighted by Crippen LogP contribution is 2.18. The lowest BCUT2D eigenvalue weighted by molar-refractivity contribution is 0.0169. The van der Waals surface area contributed by atoms with Crippen LogP contribution in [0.4, 0.5) is 0 Å². The molecule has 98 valence electrons. The van der Waals surface area contributed by atoms with Crippen LogP contribution in [0.25, 0.3) is 0 Å². The Hall–Kier alpha value is -2.37. The number of carbonyl (C=O) groups is 1. The van der Waals surface area contributed by atoms with E-state index in [4.69, 9.17) is 9.26 Å². The topological polar surface area (TPSA) is 68.5 Å². The van der Waals surface area contributed by atoms with Gasteiger partial charge in [0.1, 0.15) is 17.6 Å².